The summed E-state index contributed by atoms with van der Waals surface area (Å²) in [5.74, 6) is 1.31. The second-order valence-corrected chi connectivity index (χ2v) is 5.35. The third-order valence-electron chi connectivity index (χ3n) is 4.06. The molecule has 4 heteroatoms. The molecule has 2 heterocycles. The fraction of sp³-hybridized carbons (Fsp3) is 0.438. The van der Waals surface area contributed by atoms with Crippen LogP contribution < -0.4 is 10.9 Å². The Morgan fingerprint density at radius 2 is 2.25 bits per heavy atom. The van der Waals surface area contributed by atoms with Crippen LogP contribution in [0.5, 0.6) is 0 Å². The van der Waals surface area contributed by atoms with Gasteiger partial charge in [-0.1, -0.05) is 25.1 Å². The molecule has 2 atom stereocenters. The third kappa shape index (κ3) is 2.56. The summed E-state index contributed by atoms with van der Waals surface area (Å²) in [5, 5.41) is 5.04. The molecule has 4 nitrogen and oxygen atoms in total. The Morgan fingerprint density at radius 3 is 3.10 bits per heavy atom. The highest BCUT2D eigenvalue weighted by molar-refractivity contribution is 5.83. The van der Waals surface area contributed by atoms with E-state index < -0.39 is 0 Å². The number of hydrogen-bond donors (Lipinski definition) is 2. The number of nitrogens with one attached hydrogen (secondary N) is 2. The maximum absolute atomic E-state index is 12.0. The maximum atomic E-state index is 12.0. The Bertz CT molecular complexity index is 650. The van der Waals surface area contributed by atoms with Crippen LogP contribution in [-0.4, -0.2) is 24.2 Å². The van der Waals surface area contributed by atoms with E-state index in [1.807, 2.05) is 30.3 Å². The van der Waals surface area contributed by atoms with Gasteiger partial charge in [-0.15, -0.1) is 0 Å². The van der Waals surface area contributed by atoms with Gasteiger partial charge in [0.15, 0.2) is 0 Å². The summed E-state index contributed by atoms with van der Waals surface area (Å²) in [6, 6.07) is 9.63. The fourth-order valence-corrected chi connectivity index (χ4v) is 2.92. The van der Waals surface area contributed by atoms with E-state index in [0.717, 1.165) is 42.6 Å². The Morgan fingerprint density at radius 1 is 1.40 bits per heavy atom. The average molecular weight is 272 g/mol. The van der Waals surface area contributed by atoms with E-state index in [1.54, 1.807) is 0 Å². The van der Waals surface area contributed by atoms with Gasteiger partial charge in [-0.25, -0.2) is 0 Å². The molecule has 2 aromatic rings. The number of benzene rings is 1. The van der Waals surface area contributed by atoms with E-state index in [1.165, 1.54) is 0 Å². The van der Waals surface area contributed by atoms with Crippen molar-refractivity contribution in [1.29, 1.82) is 0 Å². The van der Waals surface area contributed by atoms with Gasteiger partial charge in [-0.05, 0) is 30.4 Å². The van der Waals surface area contributed by atoms with Crippen LogP contribution in [0.3, 0.4) is 0 Å². The average Bonchev–Trinajstić information content (AvgIpc) is 2.93. The van der Waals surface area contributed by atoms with Gasteiger partial charge in [0.25, 0.3) is 5.56 Å². The molecule has 1 aliphatic heterocycles. The molecule has 1 aromatic heterocycles. The topological polar surface area (TPSA) is 54.1 Å². The van der Waals surface area contributed by atoms with Gasteiger partial charge in [-0.3, -0.25) is 4.79 Å². The van der Waals surface area contributed by atoms with Crippen molar-refractivity contribution < 1.29 is 4.74 Å². The first kappa shape index (κ1) is 13.2. The Hall–Kier alpha value is -1.81. The van der Waals surface area contributed by atoms with Crippen LogP contribution in [0.1, 0.15) is 19.8 Å². The molecule has 0 aliphatic carbocycles. The van der Waals surface area contributed by atoms with Crippen LogP contribution in [-0.2, 0) is 4.74 Å². The van der Waals surface area contributed by atoms with Gasteiger partial charge in [0.1, 0.15) is 5.82 Å². The van der Waals surface area contributed by atoms with Crippen LogP contribution in [0, 0.1) is 5.92 Å². The van der Waals surface area contributed by atoms with E-state index in [2.05, 4.69) is 17.2 Å². The minimum absolute atomic E-state index is 0.0414. The molecule has 2 unspecified atom stereocenters. The lowest BCUT2D eigenvalue weighted by Crippen LogP contribution is -2.23. The lowest BCUT2D eigenvalue weighted by atomic mass is 10.00. The molecule has 0 bridgehead atoms. The van der Waals surface area contributed by atoms with Crippen molar-refractivity contribution in [3.63, 3.8) is 0 Å². The lowest BCUT2D eigenvalue weighted by Gasteiger charge is -2.17. The number of H-pyrrole nitrogens is 1. The van der Waals surface area contributed by atoms with Gasteiger partial charge >= 0.3 is 0 Å². The predicted molar refractivity (Wildman–Crippen MR) is 81.2 cm³/mol. The summed E-state index contributed by atoms with van der Waals surface area (Å²) < 4.78 is 5.69. The minimum Gasteiger partial charge on any atom is -0.378 e. The van der Waals surface area contributed by atoms with E-state index >= 15 is 0 Å². The van der Waals surface area contributed by atoms with E-state index in [-0.39, 0.29) is 5.56 Å². The van der Waals surface area contributed by atoms with Gasteiger partial charge < -0.3 is 15.0 Å². The normalized spacial score (nSPS) is 22.2. The fourth-order valence-electron chi connectivity index (χ4n) is 2.92. The van der Waals surface area contributed by atoms with Crippen molar-refractivity contribution in [2.45, 2.75) is 25.9 Å². The molecule has 0 spiro atoms. The molecule has 1 aliphatic rings. The summed E-state index contributed by atoms with van der Waals surface area (Å²) in [6.07, 6.45) is 2.47. The number of ether oxygens (including phenoxy) is 1. The standard InChI is InChI=1S/C16H20N2O2/c1-2-14-12(7-8-20-14)10-17-15-9-11-5-3-4-6-13(11)16(19)18-15/h3-6,9,12,14H,2,7-8,10H2,1H3,(H2,17,18,19). The highest BCUT2D eigenvalue weighted by atomic mass is 16.5. The van der Waals surface area contributed by atoms with Crippen LogP contribution in [0.15, 0.2) is 35.1 Å². The van der Waals surface area contributed by atoms with Gasteiger partial charge in [-0.2, -0.15) is 0 Å². The number of aromatic nitrogens is 1. The smallest absolute Gasteiger partial charge is 0.257 e. The van der Waals surface area contributed by atoms with E-state index in [9.17, 15) is 4.79 Å². The zero-order valence-electron chi connectivity index (χ0n) is 11.7. The van der Waals surface area contributed by atoms with Gasteiger partial charge in [0.05, 0.1) is 6.10 Å². The molecule has 0 amide bonds. The van der Waals surface area contributed by atoms with Crippen molar-refractivity contribution in [2.24, 2.45) is 5.92 Å². The van der Waals surface area contributed by atoms with Crippen LogP contribution in [0.25, 0.3) is 10.8 Å². The van der Waals surface area contributed by atoms with Crippen molar-refractivity contribution in [1.82, 2.24) is 4.98 Å². The van der Waals surface area contributed by atoms with Crippen molar-refractivity contribution in [3.05, 3.63) is 40.7 Å². The largest absolute Gasteiger partial charge is 0.378 e. The van der Waals surface area contributed by atoms with Crippen LogP contribution >= 0.6 is 0 Å². The maximum Gasteiger partial charge on any atom is 0.257 e. The van der Waals surface area contributed by atoms with Crippen molar-refractivity contribution in [2.75, 3.05) is 18.5 Å². The second kappa shape index (κ2) is 5.67. The zero-order valence-corrected chi connectivity index (χ0v) is 11.7. The molecular weight excluding hydrogens is 252 g/mol. The summed E-state index contributed by atoms with van der Waals surface area (Å²) in [6.45, 7) is 3.84. The molecule has 1 saturated heterocycles. The second-order valence-electron chi connectivity index (χ2n) is 5.35. The van der Waals surface area contributed by atoms with Crippen molar-refractivity contribution >= 4 is 16.6 Å². The molecule has 20 heavy (non-hydrogen) atoms. The first-order valence-corrected chi connectivity index (χ1v) is 7.25. The Kier molecular flexibility index (Phi) is 3.74. The molecule has 1 aromatic carbocycles. The lowest BCUT2D eigenvalue weighted by molar-refractivity contribution is 0.0900. The third-order valence-corrected chi connectivity index (χ3v) is 4.06. The number of aromatic amines is 1. The van der Waals surface area contributed by atoms with Gasteiger partial charge in [0.2, 0.25) is 0 Å². The minimum atomic E-state index is -0.0414. The number of hydrogen-bond acceptors (Lipinski definition) is 3. The summed E-state index contributed by atoms with van der Waals surface area (Å²) in [7, 11) is 0. The SMILES string of the molecule is CCC1OCCC1CNc1cc2ccccc2c(=O)[nH]1. The molecule has 0 radical (unpaired) electrons. The molecule has 1 fully saturated rings. The van der Waals surface area contributed by atoms with E-state index in [4.69, 9.17) is 4.74 Å². The van der Waals surface area contributed by atoms with Crippen LogP contribution in [0.2, 0.25) is 0 Å². The summed E-state index contributed by atoms with van der Waals surface area (Å²) in [5.41, 5.74) is -0.0414. The Labute approximate surface area is 118 Å². The molecule has 0 saturated carbocycles. The van der Waals surface area contributed by atoms with E-state index in [0.29, 0.717) is 12.0 Å². The summed E-state index contributed by atoms with van der Waals surface area (Å²) >= 11 is 0. The van der Waals surface area contributed by atoms with Crippen molar-refractivity contribution in [3.8, 4) is 0 Å². The molecule has 3 rings (SSSR count). The molecular formula is C16H20N2O2. The Balaban J connectivity index is 1.76. The first-order valence-electron chi connectivity index (χ1n) is 7.25. The molecule has 106 valence electrons. The number of pyridine rings is 1. The highest BCUT2D eigenvalue weighted by Crippen LogP contribution is 2.23. The zero-order chi connectivity index (χ0) is 13.9. The quantitative estimate of drug-likeness (QED) is 0.900. The highest BCUT2D eigenvalue weighted by Gasteiger charge is 2.26. The monoisotopic (exact) mass is 272 g/mol. The number of rotatable bonds is 4. The summed E-state index contributed by atoms with van der Waals surface area (Å²) in [4.78, 5) is 14.9. The van der Waals surface area contributed by atoms with Crippen LogP contribution in [0.4, 0.5) is 5.82 Å². The predicted octanol–water partition coefficient (Wildman–Crippen LogP) is 2.76. The van der Waals surface area contributed by atoms with Gasteiger partial charge in [0, 0.05) is 24.5 Å². The molecule has 2 N–H and O–H groups in total. The number of fused-ring (bicyclic) bond motifs is 1. The number of anilines is 1. The first-order chi connectivity index (χ1) is 9.78.